The van der Waals surface area contributed by atoms with Crippen molar-refractivity contribution in [3.63, 3.8) is 0 Å². The first-order chi connectivity index (χ1) is 18.0. The quantitative estimate of drug-likeness (QED) is 0.138. The van der Waals surface area contributed by atoms with Crippen LogP contribution in [-0.4, -0.2) is 52.9 Å². The Bertz CT molecular complexity index is 1450. The summed E-state index contributed by atoms with van der Waals surface area (Å²) in [6, 6.07) is 8.99. The van der Waals surface area contributed by atoms with E-state index in [9.17, 15) is 24.8 Å². The standard InChI is InChI=1S/C26H27N5O6S/c1-15-11-20(25(33)37-14-16-3-6-19(7-4-16)31(35)36)30-23(15)22(24(30)32)26(2,34)38-10-9-18-13-29-12-17(27)5-8-21(29)28-18/h3-8,11-13,15,22-23,34H,9-10,14,27H2,1-2H3/t15-,22+,23+,26-/m1/s1. The lowest BCUT2D eigenvalue weighted by molar-refractivity contribution is -0.384. The molecule has 1 aromatic carbocycles. The molecule has 1 amide bonds. The van der Waals surface area contributed by atoms with Gasteiger partial charge in [-0.1, -0.05) is 6.92 Å². The number of nitrogen functional groups attached to an aromatic ring is 1. The Morgan fingerprint density at radius 3 is 2.71 bits per heavy atom. The van der Waals surface area contributed by atoms with Gasteiger partial charge in [0.25, 0.3) is 5.69 Å². The van der Waals surface area contributed by atoms with Gasteiger partial charge in [0.05, 0.1) is 22.6 Å². The molecule has 2 aromatic heterocycles. The third-order valence-corrected chi connectivity index (χ3v) is 8.19. The highest BCUT2D eigenvalue weighted by Gasteiger charge is 2.61. The van der Waals surface area contributed by atoms with E-state index in [0.717, 1.165) is 11.3 Å². The summed E-state index contributed by atoms with van der Waals surface area (Å²) in [4.78, 5) is 40.8. The van der Waals surface area contributed by atoms with Crippen molar-refractivity contribution in [2.24, 2.45) is 11.8 Å². The maximum atomic E-state index is 13.1. The number of nitro benzene ring substituents is 1. The molecule has 198 valence electrons. The minimum atomic E-state index is -1.33. The fraction of sp³-hybridized carbons (Fsp3) is 0.346. The molecule has 2 aliphatic rings. The zero-order chi connectivity index (χ0) is 27.2. The Hall–Kier alpha value is -3.90. The van der Waals surface area contributed by atoms with Gasteiger partial charge in [0.2, 0.25) is 5.91 Å². The Labute approximate surface area is 222 Å². The first-order valence-corrected chi connectivity index (χ1v) is 13.1. The molecule has 0 spiro atoms. The van der Waals surface area contributed by atoms with E-state index < -0.39 is 21.7 Å². The molecular weight excluding hydrogens is 510 g/mol. The number of carbonyl (C=O) groups is 2. The normalized spacial score (nSPS) is 22.0. The van der Waals surface area contributed by atoms with Crippen LogP contribution < -0.4 is 5.73 Å². The van der Waals surface area contributed by atoms with Crippen LogP contribution in [0.3, 0.4) is 0 Å². The number of aromatic nitrogens is 2. The van der Waals surface area contributed by atoms with E-state index in [1.54, 1.807) is 25.3 Å². The molecule has 3 aromatic rings. The van der Waals surface area contributed by atoms with E-state index >= 15 is 0 Å². The number of pyridine rings is 1. The molecular formula is C26H27N5O6S. The van der Waals surface area contributed by atoms with Crippen molar-refractivity contribution in [3.8, 4) is 0 Å². The van der Waals surface area contributed by atoms with Gasteiger partial charge in [-0.3, -0.25) is 14.9 Å². The largest absolute Gasteiger partial charge is 0.456 e. The molecule has 11 nitrogen and oxygen atoms in total. The number of carbonyl (C=O) groups excluding carboxylic acids is 2. The number of nitrogens with two attached hydrogens (primary N) is 1. The average Bonchev–Trinajstić information content (AvgIpc) is 3.39. The number of imidazole rings is 1. The predicted molar refractivity (Wildman–Crippen MR) is 141 cm³/mol. The highest BCUT2D eigenvalue weighted by Crippen LogP contribution is 2.49. The number of fused-ring (bicyclic) bond motifs is 2. The molecule has 2 aliphatic heterocycles. The molecule has 1 fully saturated rings. The molecule has 0 radical (unpaired) electrons. The summed E-state index contributed by atoms with van der Waals surface area (Å²) in [6.45, 7) is 3.46. The molecule has 38 heavy (non-hydrogen) atoms. The maximum absolute atomic E-state index is 13.1. The number of thioether (sulfide) groups is 1. The lowest BCUT2D eigenvalue weighted by Gasteiger charge is -2.50. The number of nitro groups is 1. The Morgan fingerprint density at radius 2 is 2.00 bits per heavy atom. The van der Waals surface area contributed by atoms with Gasteiger partial charge in [0.1, 0.15) is 22.9 Å². The number of hydrogen-bond acceptors (Lipinski definition) is 9. The Kier molecular flexibility index (Phi) is 6.61. The zero-order valence-corrected chi connectivity index (χ0v) is 21.6. The van der Waals surface area contributed by atoms with Crippen LogP contribution in [0.1, 0.15) is 25.1 Å². The fourth-order valence-corrected chi connectivity index (χ4v) is 6.18. The topological polar surface area (TPSA) is 153 Å². The van der Waals surface area contributed by atoms with Gasteiger partial charge in [-0.05, 0) is 48.7 Å². The minimum Gasteiger partial charge on any atom is -0.456 e. The predicted octanol–water partition coefficient (Wildman–Crippen LogP) is 2.91. The third-order valence-electron chi connectivity index (χ3n) is 6.94. The number of rotatable bonds is 9. The number of anilines is 1. The smallest absolute Gasteiger partial charge is 0.355 e. The highest BCUT2D eigenvalue weighted by atomic mass is 32.2. The van der Waals surface area contributed by atoms with Crippen LogP contribution in [-0.2, 0) is 27.4 Å². The third kappa shape index (κ3) is 4.72. The average molecular weight is 538 g/mol. The molecule has 0 unspecified atom stereocenters. The van der Waals surface area contributed by atoms with Crippen LogP contribution in [0.5, 0.6) is 0 Å². The summed E-state index contributed by atoms with van der Waals surface area (Å²) in [5.41, 5.74) is 8.80. The summed E-state index contributed by atoms with van der Waals surface area (Å²) >= 11 is 1.29. The number of ether oxygens (including phenoxy) is 1. The monoisotopic (exact) mass is 537 g/mol. The van der Waals surface area contributed by atoms with E-state index in [4.69, 9.17) is 10.5 Å². The molecule has 0 saturated carbocycles. The van der Waals surface area contributed by atoms with Gasteiger partial charge in [-0.15, -0.1) is 11.8 Å². The second-order valence-electron chi connectivity index (χ2n) is 9.70. The summed E-state index contributed by atoms with van der Waals surface area (Å²) in [7, 11) is 0. The number of β-lactam (4-membered cyclic amide) rings is 1. The van der Waals surface area contributed by atoms with Crippen LogP contribution in [0.2, 0.25) is 0 Å². The van der Waals surface area contributed by atoms with Crippen molar-refractivity contribution in [3.05, 3.63) is 81.9 Å². The fourth-order valence-electron chi connectivity index (χ4n) is 5.04. The van der Waals surface area contributed by atoms with Gasteiger partial charge in [-0.25, -0.2) is 9.78 Å². The van der Waals surface area contributed by atoms with E-state index in [0.29, 0.717) is 23.4 Å². The number of nitrogens with zero attached hydrogens (tertiary/aromatic N) is 4. The van der Waals surface area contributed by atoms with Crippen molar-refractivity contribution in [2.75, 3.05) is 11.5 Å². The van der Waals surface area contributed by atoms with Gasteiger partial charge >= 0.3 is 5.97 Å². The van der Waals surface area contributed by atoms with Crippen molar-refractivity contribution in [2.45, 2.75) is 37.9 Å². The number of amides is 1. The van der Waals surface area contributed by atoms with Gasteiger partial charge in [-0.2, -0.15) is 0 Å². The van der Waals surface area contributed by atoms with E-state index in [2.05, 4.69) is 4.98 Å². The van der Waals surface area contributed by atoms with Gasteiger partial charge in [0.15, 0.2) is 0 Å². The van der Waals surface area contributed by atoms with Crippen LogP contribution >= 0.6 is 11.8 Å². The van der Waals surface area contributed by atoms with Gasteiger partial charge < -0.3 is 24.9 Å². The van der Waals surface area contributed by atoms with Gasteiger partial charge in [0, 0.05) is 42.4 Å². The first kappa shape index (κ1) is 25.7. The molecule has 3 N–H and O–H groups in total. The summed E-state index contributed by atoms with van der Waals surface area (Å²) < 4.78 is 7.23. The molecule has 5 rings (SSSR count). The van der Waals surface area contributed by atoms with Crippen LogP contribution in [0.15, 0.2) is 60.6 Å². The van der Waals surface area contributed by atoms with E-state index in [-0.39, 0.29) is 35.9 Å². The van der Waals surface area contributed by atoms with Crippen molar-refractivity contribution < 1.29 is 24.4 Å². The van der Waals surface area contributed by atoms with Crippen molar-refractivity contribution in [1.82, 2.24) is 14.3 Å². The Morgan fingerprint density at radius 1 is 1.26 bits per heavy atom. The SMILES string of the molecule is C[C@@H]1C=C(C(=O)OCc2ccc([N+](=O)[O-])cc2)N2C(=O)[C@@H]([C@](C)(O)SCCc3cn4cc(N)ccc4n3)[C@H]12. The zero-order valence-electron chi connectivity index (χ0n) is 20.8. The molecule has 0 aliphatic carbocycles. The van der Waals surface area contributed by atoms with Crippen LogP contribution in [0.4, 0.5) is 11.4 Å². The Balaban J connectivity index is 1.17. The molecule has 4 atom stereocenters. The molecule has 4 heterocycles. The number of hydrogen-bond donors (Lipinski definition) is 2. The number of esters is 1. The second kappa shape index (κ2) is 9.76. The highest BCUT2D eigenvalue weighted by molar-refractivity contribution is 8.00. The second-order valence-corrected chi connectivity index (χ2v) is 11.2. The lowest BCUT2D eigenvalue weighted by Crippen LogP contribution is -2.66. The van der Waals surface area contributed by atoms with Crippen LogP contribution in [0.25, 0.3) is 5.65 Å². The maximum Gasteiger partial charge on any atom is 0.355 e. The summed E-state index contributed by atoms with van der Waals surface area (Å²) in [5.74, 6) is -1.23. The molecule has 12 heteroatoms. The summed E-state index contributed by atoms with van der Waals surface area (Å²) in [6.07, 6.45) is 5.99. The molecule has 1 saturated heterocycles. The van der Waals surface area contributed by atoms with Crippen molar-refractivity contribution in [1.29, 1.82) is 0 Å². The van der Waals surface area contributed by atoms with Crippen molar-refractivity contribution >= 4 is 40.7 Å². The number of aliphatic hydroxyl groups is 1. The number of aryl methyl sites for hydroxylation is 1. The minimum absolute atomic E-state index is 0.0547. The van der Waals surface area contributed by atoms with Crippen LogP contribution in [0, 0.1) is 22.0 Å². The molecule has 0 bridgehead atoms. The number of benzene rings is 1. The first-order valence-electron chi connectivity index (χ1n) is 12.1. The van der Waals surface area contributed by atoms with E-state index in [1.165, 1.54) is 40.9 Å². The lowest BCUT2D eigenvalue weighted by atomic mass is 9.79. The van der Waals surface area contributed by atoms with E-state index in [1.807, 2.05) is 23.6 Å². The summed E-state index contributed by atoms with van der Waals surface area (Å²) in [5, 5.41) is 22.0. The number of non-ortho nitro benzene ring substituents is 1.